The highest BCUT2D eigenvalue weighted by atomic mass is 19.1. The van der Waals surface area contributed by atoms with Crippen molar-refractivity contribution in [1.29, 1.82) is 0 Å². The van der Waals surface area contributed by atoms with Gasteiger partial charge >= 0.3 is 11.7 Å². The molecule has 2 aromatic carbocycles. The molecule has 2 N–H and O–H groups in total. The Balaban J connectivity index is 0.928. The van der Waals surface area contributed by atoms with Gasteiger partial charge in [-0.2, -0.15) is 0 Å². The molecule has 2 fully saturated rings. The van der Waals surface area contributed by atoms with Gasteiger partial charge in [0.2, 0.25) is 10.9 Å². The van der Waals surface area contributed by atoms with Crippen LogP contribution in [0.25, 0.3) is 21.9 Å². The monoisotopic (exact) mass is 632 g/mol. The summed E-state index contributed by atoms with van der Waals surface area (Å²) in [6.07, 6.45) is 5.83. The number of piperazine rings is 1. The maximum Gasteiger partial charge on any atom is 0.341 e. The van der Waals surface area contributed by atoms with Crippen molar-refractivity contribution in [2.75, 3.05) is 42.9 Å². The van der Waals surface area contributed by atoms with E-state index in [0.717, 1.165) is 38.9 Å². The van der Waals surface area contributed by atoms with E-state index in [4.69, 9.17) is 4.63 Å². The Morgan fingerprint density at radius 3 is 2.63 bits per heavy atom. The number of carbonyl (C=O) groups is 1. The molecule has 3 aromatic heterocycles. The molecule has 1 saturated carbocycles. The molecule has 0 radical (unpaired) electrons. The van der Waals surface area contributed by atoms with Crippen LogP contribution < -0.4 is 15.6 Å². The summed E-state index contributed by atoms with van der Waals surface area (Å²) in [5, 5.41) is 39.7. The van der Waals surface area contributed by atoms with Gasteiger partial charge in [-0.05, 0) is 47.8 Å². The molecule has 0 unspecified atom stereocenters. The van der Waals surface area contributed by atoms with E-state index in [0.29, 0.717) is 48.8 Å². The number of nitro benzene ring substituents is 1. The molecule has 0 amide bonds. The van der Waals surface area contributed by atoms with Crippen LogP contribution in [0.5, 0.6) is 0 Å². The zero-order valence-corrected chi connectivity index (χ0v) is 24.5. The van der Waals surface area contributed by atoms with Gasteiger partial charge in [0.05, 0.1) is 34.6 Å². The van der Waals surface area contributed by atoms with Crippen molar-refractivity contribution in [2.24, 2.45) is 0 Å². The minimum atomic E-state index is -1.31. The van der Waals surface area contributed by atoms with Crippen LogP contribution in [0, 0.1) is 15.9 Å². The van der Waals surface area contributed by atoms with E-state index in [-0.39, 0.29) is 33.7 Å². The van der Waals surface area contributed by atoms with Gasteiger partial charge in [0.15, 0.2) is 5.52 Å². The molecule has 238 valence electrons. The van der Waals surface area contributed by atoms with Crippen LogP contribution in [-0.2, 0) is 13.1 Å². The number of nitro groups is 1. The fraction of sp³-hybridized carbons (Fsp3) is 0.379. The summed E-state index contributed by atoms with van der Waals surface area (Å²) in [5.74, 6) is -1.84. The Morgan fingerprint density at radius 1 is 1.11 bits per heavy atom. The number of non-ortho nitro benzene ring substituents is 1. The Labute approximate surface area is 259 Å². The van der Waals surface area contributed by atoms with Crippen molar-refractivity contribution in [3.63, 3.8) is 0 Å². The number of aromatic nitrogens is 6. The van der Waals surface area contributed by atoms with Gasteiger partial charge in [-0.15, -0.1) is 5.10 Å². The van der Waals surface area contributed by atoms with Gasteiger partial charge in [0, 0.05) is 63.0 Å². The van der Waals surface area contributed by atoms with Crippen molar-refractivity contribution in [1.82, 2.24) is 34.8 Å². The lowest BCUT2D eigenvalue weighted by Gasteiger charge is -2.36. The van der Waals surface area contributed by atoms with Crippen molar-refractivity contribution in [3.8, 4) is 0 Å². The second-order valence-corrected chi connectivity index (χ2v) is 11.5. The van der Waals surface area contributed by atoms with Gasteiger partial charge in [0.25, 0.3) is 0 Å². The predicted octanol–water partition coefficient (Wildman–Crippen LogP) is 3.03. The molecule has 46 heavy (non-hydrogen) atoms. The average Bonchev–Trinajstić information content (AvgIpc) is 3.58. The number of anilines is 2. The molecule has 0 atom stereocenters. The minimum Gasteiger partial charge on any atom is -0.477 e. The second kappa shape index (κ2) is 11.8. The molecule has 5 aromatic rings. The quantitative estimate of drug-likeness (QED) is 0.160. The highest BCUT2D eigenvalue weighted by Gasteiger charge is 2.28. The Kier molecular flexibility index (Phi) is 7.51. The first kappa shape index (κ1) is 29.3. The second-order valence-electron chi connectivity index (χ2n) is 11.5. The first-order valence-electron chi connectivity index (χ1n) is 14.9. The van der Waals surface area contributed by atoms with Gasteiger partial charge in [0.1, 0.15) is 17.1 Å². The average molecular weight is 633 g/mol. The molecular weight excluding hydrogens is 603 g/mol. The lowest BCUT2D eigenvalue weighted by molar-refractivity contribution is -0.383. The molecular formula is C29H29FN10O6. The van der Waals surface area contributed by atoms with E-state index in [1.54, 1.807) is 16.8 Å². The molecule has 1 aliphatic carbocycles. The fourth-order valence-corrected chi connectivity index (χ4v) is 5.93. The van der Waals surface area contributed by atoms with Gasteiger partial charge in [-0.25, -0.2) is 13.8 Å². The standard InChI is InChI=1S/C29H29FN10O6/c30-21-12-19-24(39(18-2-3-18)16-20(28(19)41)29(42)43)13-25(21)37-10-8-36(9-11-37)6-1-7-38-15-17(32-35-38)14-31-22-4-5-23(40(44)45)27-26(22)33-46-34-27/h4-5,12-13,15-16,18,31H,1-3,6-11,14H2,(H,42,43). The SMILES string of the molecule is O=C(O)c1cn(C2CC2)c2cc(N3CCN(CCCn4cc(CNc5ccc([N+](=O)[O-])c6nonc56)nn4)CC3)c(F)cc2c1=O. The molecule has 7 rings (SSSR count). The van der Waals surface area contributed by atoms with Crippen LogP contribution in [0.3, 0.4) is 0 Å². The molecule has 17 heteroatoms. The predicted molar refractivity (Wildman–Crippen MR) is 162 cm³/mol. The lowest BCUT2D eigenvalue weighted by Crippen LogP contribution is -2.47. The number of nitrogens with one attached hydrogen (secondary N) is 1. The summed E-state index contributed by atoms with van der Waals surface area (Å²) in [7, 11) is 0. The van der Waals surface area contributed by atoms with E-state index in [9.17, 15) is 24.8 Å². The van der Waals surface area contributed by atoms with Crippen LogP contribution in [0.15, 0.2) is 46.1 Å². The first-order chi connectivity index (χ1) is 22.3. The number of aromatic carboxylic acids is 1. The van der Waals surface area contributed by atoms with Crippen molar-refractivity contribution < 1.29 is 23.8 Å². The number of carboxylic acids is 1. The zero-order valence-electron chi connectivity index (χ0n) is 24.5. The summed E-state index contributed by atoms with van der Waals surface area (Å²) in [6, 6.07) is 5.88. The summed E-state index contributed by atoms with van der Waals surface area (Å²) < 4.78 is 23.6. The highest BCUT2D eigenvalue weighted by Crippen LogP contribution is 2.38. The summed E-state index contributed by atoms with van der Waals surface area (Å²) in [6.45, 7) is 4.48. The van der Waals surface area contributed by atoms with Gasteiger partial charge in [-0.3, -0.25) is 24.5 Å². The summed E-state index contributed by atoms with van der Waals surface area (Å²) >= 11 is 0. The molecule has 16 nitrogen and oxygen atoms in total. The minimum absolute atomic E-state index is 0.0671. The number of hydrogen-bond donors (Lipinski definition) is 2. The van der Waals surface area contributed by atoms with Crippen molar-refractivity contribution in [2.45, 2.75) is 38.4 Å². The lowest BCUT2D eigenvalue weighted by atomic mass is 10.1. The Bertz CT molecular complexity index is 2030. The van der Waals surface area contributed by atoms with Crippen LogP contribution in [0.4, 0.5) is 21.5 Å². The number of nitrogens with zero attached hydrogens (tertiary/aromatic N) is 9. The maximum atomic E-state index is 15.3. The van der Waals surface area contributed by atoms with Gasteiger partial charge < -0.3 is 19.9 Å². The number of pyridine rings is 1. The van der Waals surface area contributed by atoms with E-state index < -0.39 is 22.1 Å². The van der Waals surface area contributed by atoms with E-state index in [2.05, 4.69) is 30.8 Å². The molecule has 2 aliphatic rings. The van der Waals surface area contributed by atoms with Crippen LogP contribution in [-0.4, -0.2) is 83.5 Å². The highest BCUT2D eigenvalue weighted by molar-refractivity contribution is 5.94. The Hall–Kier alpha value is -5.45. The molecule has 4 heterocycles. The van der Waals surface area contributed by atoms with Crippen LogP contribution in [0.1, 0.15) is 41.4 Å². The molecule has 0 bridgehead atoms. The molecule has 1 aliphatic heterocycles. The Morgan fingerprint density at radius 2 is 1.89 bits per heavy atom. The number of halogens is 1. The number of rotatable bonds is 11. The van der Waals surface area contributed by atoms with Crippen LogP contribution >= 0.6 is 0 Å². The van der Waals surface area contributed by atoms with E-state index >= 15 is 4.39 Å². The van der Waals surface area contributed by atoms with Crippen LogP contribution in [0.2, 0.25) is 0 Å². The van der Waals surface area contributed by atoms with E-state index in [1.807, 2.05) is 15.7 Å². The summed E-state index contributed by atoms with van der Waals surface area (Å²) in [4.78, 5) is 39.3. The normalized spacial score (nSPS) is 15.5. The number of aryl methyl sites for hydroxylation is 1. The number of hydrogen-bond acceptors (Lipinski definition) is 12. The number of carboxylic acid groups (broad SMARTS) is 1. The summed E-state index contributed by atoms with van der Waals surface area (Å²) in [5.41, 5.74) is 1.33. The largest absolute Gasteiger partial charge is 0.477 e. The number of benzene rings is 2. The third kappa shape index (κ3) is 5.60. The van der Waals surface area contributed by atoms with Crippen molar-refractivity contribution >= 4 is 45.0 Å². The van der Waals surface area contributed by atoms with E-state index in [1.165, 1.54) is 18.3 Å². The van der Waals surface area contributed by atoms with Crippen molar-refractivity contribution in [3.05, 3.63) is 74.1 Å². The number of fused-ring (bicyclic) bond motifs is 2. The fourth-order valence-electron chi connectivity index (χ4n) is 5.93. The smallest absolute Gasteiger partial charge is 0.341 e. The first-order valence-corrected chi connectivity index (χ1v) is 14.9. The topological polar surface area (TPSA) is 191 Å². The molecule has 0 spiro atoms. The van der Waals surface area contributed by atoms with Gasteiger partial charge in [-0.1, -0.05) is 5.21 Å². The third-order valence-electron chi connectivity index (χ3n) is 8.48. The third-order valence-corrected chi connectivity index (χ3v) is 8.48. The molecule has 1 saturated heterocycles. The maximum absolute atomic E-state index is 15.3. The zero-order chi connectivity index (χ0) is 31.9.